The van der Waals surface area contributed by atoms with E-state index in [0.717, 1.165) is 16.6 Å². The molecular weight excluding hydrogens is 202 g/mol. The number of amides is 1. The van der Waals surface area contributed by atoms with Crippen molar-refractivity contribution in [3.8, 4) is 0 Å². The smallest absolute Gasteiger partial charge is 0.268 e. The Bertz CT molecular complexity index is 549. The van der Waals surface area contributed by atoms with E-state index < -0.39 is 5.91 Å². The Morgan fingerprint density at radius 1 is 1.44 bits per heavy atom. The fourth-order valence-electron chi connectivity index (χ4n) is 1.63. The van der Waals surface area contributed by atoms with Crippen LogP contribution in [0.15, 0.2) is 18.3 Å². The summed E-state index contributed by atoms with van der Waals surface area (Å²) in [5, 5.41) is 0.778. The van der Waals surface area contributed by atoms with E-state index in [4.69, 9.17) is 5.73 Å². The second-order valence-electron chi connectivity index (χ2n) is 4.91. The third kappa shape index (κ3) is 1.66. The van der Waals surface area contributed by atoms with Gasteiger partial charge in [-0.1, -0.05) is 20.8 Å². The first-order valence-corrected chi connectivity index (χ1v) is 5.18. The number of nitrogens with two attached hydrogens (primary N) is 1. The minimum Gasteiger partial charge on any atom is -0.364 e. The number of carbonyl (C=O) groups is 1. The molecule has 0 fully saturated rings. The summed E-state index contributed by atoms with van der Waals surface area (Å²) in [6, 6.07) is 3.77. The van der Waals surface area contributed by atoms with Crippen molar-refractivity contribution < 1.29 is 4.79 Å². The fourth-order valence-corrected chi connectivity index (χ4v) is 1.63. The van der Waals surface area contributed by atoms with Gasteiger partial charge in [0.05, 0.1) is 0 Å². The van der Waals surface area contributed by atoms with Gasteiger partial charge in [0, 0.05) is 28.2 Å². The van der Waals surface area contributed by atoms with Crippen LogP contribution < -0.4 is 5.73 Å². The lowest BCUT2D eigenvalue weighted by atomic mass is 9.91. The minimum atomic E-state index is -0.490. The number of aromatic nitrogens is 2. The number of aromatic amines is 1. The molecule has 4 heteroatoms. The van der Waals surface area contributed by atoms with Gasteiger partial charge in [0.15, 0.2) is 0 Å². The molecule has 0 aliphatic carbocycles. The summed E-state index contributed by atoms with van der Waals surface area (Å²) < 4.78 is 0. The maximum absolute atomic E-state index is 11.3. The van der Waals surface area contributed by atoms with Gasteiger partial charge in [-0.15, -0.1) is 0 Å². The van der Waals surface area contributed by atoms with Crippen LogP contribution in [0.25, 0.3) is 10.9 Å². The molecule has 2 rings (SSSR count). The number of hydrogen-bond acceptors (Lipinski definition) is 2. The van der Waals surface area contributed by atoms with Crippen molar-refractivity contribution in [3.63, 3.8) is 0 Å². The van der Waals surface area contributed by atoms with E-state index in [2.05, 4.69) is 30.7 Å². The largest absolute Gasteiger partial charge is 0.364 e. The van der Waals surface area contributed by atoms with Crippen molar-refractivity contribution in [2.75, 3.05) is 0 Å². The standard InChI is InChI=1S/C12H15N3O/c1-12(2,3)9-6-8-7(4-5-14-8)10(15-9)11(13)16/h4-6,14H,1-3H3,(H2,13,16). The molecule has 0 bridgehead atoms. The van der Waals surface area contributed by atoms with E-state index in [1.807, 2.05) is 12.1 Å². The van der Waals surface area contributed by atoms with E-state index in [9.17, 15) is 4.79 Å². The van der Waals surface area contributed by atoms with Gasteiger partial charge in [-0.3, -0.25) is 4.79 Å². The monoisotopic (exact) mass is 217 g/mol. The van der Waals surface area contributed by atoms with Gasteiger partial charge in [0.1, 0.15) is 5.69 Å². The lowest BCUT2D eigenvalue weighted by Crippen LogP contribution is -2.19. The Kier molecular flexibility index (Phi) is 2.22. The molecule has 2 aromatic heterocycles. The number of nitrogens with zero attached hydrogens (tertiary/aromatic N) is 1. The Morgan fingerprint density at radius 2 is 2.12 bits per heavy atom. The van der Waals surface area contributed by atoms with Crippen molar-refractivity contribution in [2.24, 2.45) is 5.73 Å². The molecule has 0 atom stereocenters. The Labute approximate surface area is 93.9 Å². The molecule has 0 radical (unpaired) electrons. The first kappa shape index (κ1) is 10.7. The van der Waals surface area contributed by atoms with Gasteiger partial charge in [0.2, 0.25) is 0 Å². The number of H-pyrrole nitrogens is 1. The SMILES string of the molecule is CC(C)(C)c1cc2[nH]ccc2c(C(N)=O)n1. The first-order chi connectivity index (χ1) is 7.39. The number of carbonyl (C=O) groups excluding carboxylic acids is 1. The first-order valence-electron chi connectivity index (χ1n) is 5.18. The Balaban J connectivity index is 2.76. The van der Waals surface area contributed by atoms with Crippen LogP contribution in [0.5, 0.6) is 0 Å². The maximum Gasteiger partial charge on any atom is 0.268 e. The van der Waals surface area contributed by atoms with Crippen molar-refractivity contribution in [3.05, 3.63) is 29.7 Å². The van der Waals surface area contributed by atoms with E-state index in [-0.39, 0.29) is 5.41 Å². The quantitative estimate of drug-likeness (QED) is 0.766. The Hall–Kier alpha value is -1.84. The van der Waals surface area contributed by atoms with Crippen LogP contribution in [0.2, 0.25) is 0 Å². The number of rotatable bonds is 1. The van der Waals surface area contributed by atoms with Crippen LogP contribution in [0.1, 0.15) is 37.0 Å². The predicted molar refractivity (Wildman–Crippen MR) is 63.3 cm³/mol. The zero-order chi connectivity index (χ0) is 11.9. The van der Waals surface area contributed by atoms with Crippen molar-refractivity contribution in [1.82, 2.24) is 9.97 Å². The van der Waals surface area contributed by atoms with E-state index in [1.165, 1.54) is 0 Å². The van der Waals surface area contributed by atoms with Gasteiger partial charge in [-0.25, -0.2) is 4.98 Å². The van der Waals surface area contributed by atoms with E-state index in [0.29, 0.717) is 5.69 Å². The molecule has 16 heavy (non-hydrogen) atoms. The molecule has 4 nitrogen and oxygen atoms in total. The molecule has 84 valence electrons. The molecule has 0 saturated heterocycles. The lowest BCUT2D eigenvalue weighted by Gasteiger charge is -2.18. The van der Waals surface area contributed by atoms with Crippen LogP contribution in [0.4, 0.5) is 0 Å². The third-order valence-electron chi connectivity index (χ3n) is 2.55. The molecule has 1 amide bonds. The molecule has 0 saturated carbocycles. The number of fused-ring (bicyclic) bond motifs is 1. The van der Waals surface area contributed by atoms with Crippen molar-refractivity contribution in [1.29, 1.82) is 0 Å². The van der Waals surface area contributed by atoms with Gasteiger partial charge in [-0.05, 0) is 12.1 Å². The predicted octanol–water partition coefficient (Wildman–Crippen LogP) is 1.96. The van der Waals surface area contributed by atoms with Crippen molar-refractivity contribution in [2.45, 2.75) is 26.2 Å². The molecule has 0 aromatic carbocycles. The normalized spacial score (nSPS) is 11.9. The van der Waals surface area contributed by atoms with Crippen LogP contribution in [0.3, 0.4) is 0 Å². The average Bonchev–Trinajstić information content (AvgIpc) is 2.61. The summed E-state index contributed by atoms with van der Waals surface area (Å²) >= 11 is 0. The zero-order valence-electron chi connectivity index (χ0n) is 9.66. The third-order valence-corrected chi connectivity index (χ3v) is 2.55. The summed E-state index contributed by atoms with van der Waals surface area (Å²) in [6.07, 6.45) is 1.78. The van der Waals surface area contributed by atoms with Gasteiger partial charge >= 0.3 is 0 Å². The summed E-state index contributed by atoms with van der Waals surface area (Å²) in [5.41, 5.74) is 7.32. The summed E-state index contributed by atoms with van der Waals surface area (Å²) in [5.74, 6) is -0.490. The van der Waals surface area contributed by atoms with Gasteiger partial charge in [-0.2, -0.15) is 0 Å². The highest BCUT2D eigenvalue weighted by molar-refractivity contribution is 6.03. The number of primary amides is 1. The summed E-state index contributed by atoms with van der Waals surface area (Å²) in [4.78, 5) is 18.8. The molecule has 0 aliphatic heterocycles. The highest BCUT2D eigenvalue weighted by atomic mass is 16.1. The number of hydrogen-bond donors (Lipinski definition) is 2. The molecule has 3 N–H and O–H groups in total. The summed E-state index contributed by atoms with van der Waals surface area (Å²) in [6.45, 7) is 6.15. The zero-order valence-corrected chi connectivity index (χ0v) is 9.66. The highest BCUT2D eigenvalue weighted by Crippen LogP contribution is 2.25. The number of pyridine rings is 1. The van der Waals surface area contributed by atoms with Crippen LogP contribution in [-0.2, 0) is 5.41 Å². The lowest BCUT2D eigenvalue weighted by molar-refractivity contribution is 0.0997. The topological polar surface area (TPSA) is 71.8 Å². The van der Waals surface area contributed by atoms with Gasteiger partial charge < -0.3 is 10.7 Å². The van der Waals surface area contributed by atoms with E-state index >= 15 is 0 Å². The second kappa shape index (κ2) is 3.33. The molecular formula is C12H15N3O. The summed E-state index contributed by atoms with van der Waals surface area (Å²) in [7, 11) is 0. The van der Waals surface area contributed by atoms with Gasteiger partial charge in [0.25, 0.3) is 5.91 Å². The van der Waals surface area contributed by atoms with Crippen LogP contribution >= 0.6 is 0 Å². The molecule has 0 spiro atoms. The molecule has 0 unspecified atom stereocenters. The van der Waals surface area contributed by atoms with Crippen molar-refractivity contribution >= 4 is 16.8 Å². The second-order valence-corrected chi connectivity index (χ2v) is 4.91. The molecule has 0 aliphatic rings. The highest BCUT2D eigenvalue weighted by Gasteiger charge is 2.19. The molecule has 2 aromatic rings. The van der Waals surface area contributed by atoms with E-state index in [1.54, 1.807) is 6.20 Å². The average molecular weight is 217 g/mol. The Morgan fingerprint density at radius 3 is 2.69 bits per heavy atom. The fraction of sp³-hybridized carbons (Fsp3) is 0.333. The van der Waals surface area contributed by atoms with Crippen LogP contribution in [0, 0.1) is 0 Å². The minimum absolute atomic E-state index is 0.108. The molecule has 2 heterocycles. The maximum atomic E-state index is 11.3. The number of nitrogens with one attached hydrogen (secondary N) is 1. The van der Waals surface area contributed by atoms with Crippen LogP contribution in [-0.4, -0.2) is 15.9 Å².